The molecule has 0 aromatic heterocycles. The molecule has 0 unspecified atom stereocenters. The lowest BCUT2D eigenvalue weighted by molar-refractivity contribution is -0.146. The van der Waals surface area contributed by atoms with Gasteiger partial charge in [0.1, 0.15) is 6.42 Å². The van der Waals surface area contributed by atoms with Crippen LogP contribution in [0.15, 0.2) is 35.4 Å². The number of para-hydroxylation sites is 1. The van der Waals surface area contributed by atoms with Gasteiger partial charge in [-0.05, 0) is 18.1 Å². The Hall–Kier alpha value is -2.17. The van der Waals surface area contributed by atoms with E-state index in [-0.39, 0.29) is 12.3 Å². The van der Waals surface area contributed by atoms with Crippen molar-refractivity contribution in [1.82, 2.24) is 0 Å². The number of ketones is 1. The predicted octanol–water partition coefficient (Wildman–Crippen LogP) is 2.24. The van der Waals surface area contributed by atoms with E-state index < -0.39 is 11.8 Å². The first kappa shape index (κ1) is 14.9. The summed E-state index contributed by atoms with van der Waals surface area (Å²) in [4.78, 5) is 22.7. The van der Waals surface area contributed by atoms with Gasteiger partial charge in [0.15, 0.2) is 5.78 Å². The van der Waals surface area contributed by atoms with E-state index in [4.69, 9.17) is 4.74 Å². The zero-order valence-corrected chi connectivity index (χ0v) is 11.1. The minimum absolute atomic E-state index is 0.257. The molecular formula is C14H18N2O3. The summed E-state index contributed by atoms with van der Waals surface area (Å²) in [6, 6.07) is 9.22. The van der Waals surface area contributed by atoms with Crippen LogP contribution in [-0.2, 0) is 14.3 Å². The van der Waals surface area contributed by atoms with E-state index >= 15 is 0 Å². The molecule has 0 spiro atoms. The molecule has 0 radical (unpaired) electrons. The molecule has 0 amide bonds. The molecule has 1 aromatic carbocycles. The van der Waals surface area contributed by atoms with Crippen molar-refractivity contribution in [2.75, 3.05) is 12.0 Å². The first-order valence-electron chi connectivity index (χ1n) is 6.10. The third-order valence-corrected chi connectivity index (χ3v) is 2.07. The number of nitrogens with zero attached hydrogens (tertiary/aromatic N) is 1. The van der Waals surface area contributed by atoms with Gasteiger partial charge in [-0.3, -0.25) is 15.0 Å². The molecule has 1 aromatic rings. The molecule has 0 heterocycles. The van der Waals surface area contributed by atoms with Crippen molar-refractivity contribution < 1.29 is 14.3 Å². The van der Waals surface area contributed by atoms with Crippen LogP contribution in [0.2, 0.25) is 0 Å². The minimum atomic E-state index is -0.523. The lowest BCUT2D eigenvalue weighted by atomic mass is 10.2. The highest BCUT2D eigenvalue weighted by molar-refractivity contribution is 6.31. The third kappa shape index (κ3) is 6.98. The lowest BCUT2D eigenvalue weighted by Crippen LogP contribution is -2.15. The van der Waals surface area contributed by atoms with Crippen LogP contribution in [-0.4, -0.2) is 24.6 Å². The monoisotopic (exact) mass is 262 g/mol. The van der Waals surface area contributed by atoms with Crippen molar-refractivity contribution in [3.63, 3.8) is 0 Å². The second-order valence-electron chi connectivity index (χ2n) is 4.46. The Kier molecular flexibility index (Phi) is 6.29. The summed E-state index contributed by atoms with van der Waals surface area (Å²) in [6.45, 7) is 4.19. The van der Waals surface area contributed by atoms with Crippen LogP contribution in [0.4, 0.5) is 5.69 Å². The van der Waals surface area contributed by atoms with Crippen molar-refractivity contribution in [2.24, 2.45) is 11.0 Å². The molecular weight excluding hydrogens is 244 g/mol. The van der Waals surface area contributed by atoms with E-state index in [1.165, 1.54) is 0 Å². The number of hydrazone groups is 1. The van der Waals surface area contributed by atoms with Gasteiger partial charge in [-0.1, -0.05) is 32.0 Å². The molecule has 5 nitrogen and oxygen atoms in total. The van der Waals surface area contributed by atoms with Gasteiger partial charge in [-0.25, -0.2) is 0 Å². The Morgan fingerprint density at radius 2 is 2.00 bits per heavy atom. The highest BCUT2D eigenvalue weighted by atomic mass is 16.5. The second kappa shape index (κ2) is 8.02. The molecule has 5 heteroatoms. The SMILES string of the molecule is CC(C)COC(=O)CC(=O)C=NNc1ccccc1. The van der Waals surface area contributed by atoms with Gasteiger partial charge < -0.3 is 4.74 Å². The maximum atomic E-state index is 11.4. The molecule has 0 aliphatic rings. The van der Waals surface area contributed by atoms with E-state index in [0.717, 1.165) is 11.9 Å². The van der Waals surface area contributed by atoms with Crippen molar-refractivity contribution in [3.05, 3.63) is 30.3 Å². The Morgan fingerprint density at radius 3 is 2.63 bits per heavy atom. The van der Waals surface area contributed by atoms with Crippen LogP contribution >= 0.6 is 0 Å². The van der Waals surface area contributed by atoms with Gasteiger partial charge in [-0.2, -0.15) is 5.10 Å². The van der Waals surface area contributed by atoms with Gasteiger partial charge in [0.25, 0.3) is 0 Å². The van der Waals surface area contributed by atoms with E-state index in [0.29, 0.717) is 6.61 Å². The molecule has 0 aliphatic carbocycles. The normalized spacial score (nSPS) is 10.7. The molecule has 0 aliphatic heterocycles. The summed E-state index contributed by atoms with van der Waals surface area (Å²) in [5.74, 6) is -0.658. The number of esters is 1. The summed E-state index contributed by atoms with van der Waals surface area (Å²) >= 11 is 0. The Bertz CT molecular complexity index is 441. The fourth-order valence-corrected chi connectivity index (χ4v) is 1.19. The predicted molar refractivity (Wildman–Crippen MR) is 74.0 cm³/mol. The van der Waals surface area contributed by atoms with E-state index in [1.807, 2.05) is 44.2 Å². The average Bonchev–Trinajstić information content (AvgIpc) is 2.37. The molecule has 1 N–H and O–H groups in total. The van der Waals surface area contributed by atoms with Crippen molar-refractivity contribution in [3.8, 4) is 0 Å². The van der Waals surface area contributed by atoms with Crippen LogP contribution in [0, 0.1) is 5.92 Å². The molecule has 19 heavy (non-hydrogen) atoms. The van der Waals surface area contributed by atoms with Crippen molar-refractivity contribution in [1.29, 1.82) is 0 Å². The van der Waals surface area contributed by atoms with Crippen LogP contribution in [0.3, 0.4) is 0 Å². The van der Waals surface area contributed by atoms with Crippen LogP contribution in [0.5, 0.6) is 0 Å². The van der Waals surface area contributed by atoms with Gasteiger partial charge in [0.05, 0.1) is 18.5 Å². The van der Waals surface area contributed by atoms with Crippen molar-refractivity contribution >= 4 is 23.7 Å². The zero-order valence-electron chi connectivity index (χ0n) is 11.1. The smallest absolute Gasteiger partial charge is 0.313 e. The number of anilines is 1. The average molecular weight is 262 g/mol. The number of nitrogens with one attached hydrogen (secondary N) is 1. The number of Topliss-reactive ketones (excluding diaryl/α,β-unsaturated/α-hetero) is 1. The fraction of sp³-hybridized carbons (Fsp3) is 0.357. The highest BCUT2D eigenvalue weighted by Gasteiger charge is 2.09. The molecule has 1 rings (SSSR count). The number of hydrogen-bond donors (Lipinski definition) is 1. The second-order valence-corrected chi connectivity index (χ2v) is 4.46. The zero-order chi connectivity index (χ0) is 14.1. The van der Waals surface area contributed by atoms with Crippen molar-refractivity contribution in [2.45, 2.75) is 20.3 Å². The van der Waals surface area contributed by atoms with E-state index in [2.05, 4.69) is 10.5 Å². The number of ether oxygens (including phenoxy) is 1. The van der Waals surface area contributed by atoms with Gasteiger partial charge in [-0.15, -0.1) is 0 Å². The first-order chi connectivity index (χ1) is 9.08. The summed E-state index contributed by atoms with van der Waals surface area (Å²) in [6.07, 6.45) is 0.802. The largest absolute Gasteiger partial charge is 0.465 e. The Labute approximate surface area is 112 Å². The van der Waals surface area contributed by atoms with Crippen LogP contribution in [0.25, 0.3) is 0 Å². The maximum absolute atomic E-state index is 11.4. The summed E-state index contributed by atoms with van der Waals surface area (Å²) < 4.78 is 4.90. The maximum Gasteiger partial charge on any atom is 0.313 e. The molecule has 0 saturated heterocycles. The summed E-state index contributed by atoms with van der Waals surface area (Å²) in [7, 11) is 0. The third-order valence-electron chi connectivity index (χ3n) is 2.07. The molecule has 102 valence electrons. The molecule has 0 atom stereocenters. The highest BCUT2D eigenvalue weighted by Crippen LogP contribution is 2.03. The van der Waals surface area contributed by atoms with Crippen LogP contribution in [0.1, 0.15) is 20.3 Å². The minimum Gasteiger partial charge on any atom is -0.465 e. The topological polar surface area (TPSA) is 67.8 Å². The molecule has 0 bridgehead atoms. The van der Waals surface area contributed by atoms with Gasteiger partial charge >= 0.3 is 5.97 Å². The van der Waals surface area contributed by atoms with Gasteiger partial charge in [0.2, 0.25) is 0 Å². The number of carbonyl (C=O) groups excluding carboxylic acids is 2. The number of carbonyl (C=O) groups is 2. The molecule has 0 saturated carbocycles. The summed E-state index contributed by atoms with van der Waals surface area (Å²) in [5, 5.41) is 3.76. The standard InChI is InChI=1S/C14H18N2O3/c1-11(2)10-19-14(18)8-13(17)9-15-16-12-6-4-3-5-7-12/h3-7,9,11,16H,8,10H2,1-2H3. The number of hydrogen-bond acceptors (Lipinski definition) is 5. The number of benzene rings is 1. The van der Waals surface area contributed by atoms with E-state index in [1.54, 1.807) is 0 Å². The van der Waals surface area contributed by atoms with Crippen LogP contribution < -0.4 is 5.43 Å². The quantitative estimate of drug-likeness (QED) is 0.354. The Balaban J connectivity index is 2.29. The Morgan fingerprint density at radius 1 is 1.32 bits per heavy atom. The lowest BCUT2D eigenvalue weighted by Gasteiger charge is -2.05. The van der Waals surface area contributed by atoms with E-state index in [9.17, 15) is 9.59 Å². The first-order valence-corrected chi connectivity index (χ1v) is 6.10. The fourth-order valence-electron chi connectivity index (χ4n) is 1.19. The number of rotatable bonds is 7. The summed E-state index contributed by atoms with van der Waals surface area (Å²) in [5.41, 5.74) is 3.47. The molecule has 0 fully saturated rings. The van der Waals surface area contributed by atoms with Gasteiger partial charge in [0, 0.05) is 0 Å².